The maximum Gasteiger partial charge on any atom is 0.217 e. The molecule has 1 saturated heterocycles. The van der Waals surface area contributed by atoms with Crippen molar-refractivity contribution in [3.63, 3.8) is 0 Å². The summed E-state index contributed by atoms with van der Waals surface area (Å²) in [5, 5.41) is 3.06. The summed E-state index contributed by atoms with van der Waals surface area (Å²) in [5.41, 5.74) is 0. The maximum absolute atomic E-state index is 11.0. The van der Waals surface area contributed by atoms with Gasteiger partial charge in [-0.15, -0.1) is 0 Å². The molecule has 1 saturated carbocycles. The van der Waals surface area contributed by atoms with E-state index in [1.807, 2.05) is 0 Å². The molecular weight excluding hydrogens is 188 g/mol. The Morgan fingerprint density at radius 1 is 1.40 bits per heavy atom. The molecule has 1 N–H and O–H groups in total. The zero-order chi connectivity index (χ0) is 10.8. The van der Waals surface area contributed by atoms with Crippen molar-refractivity contribution in [1.29, 1.82) is 0 Å². The van der Waals surface area contributed by atoms with Crippen LogP contribution in [0, 0.1) is 11.8 Å². The number of carbonyl (C=O) groups is 1. The quantitative estimate of drug-likeness (QED) is 0.760. The first-order valence-electron chi connectivity index (χ1n) is 6.13. The molecule has 0 bridgehead atoms. The molecule has 0 radical (unpaired) electrons. The summed E-state index contributed by atoms with van der Waals surface area (Å²) in [6, 6.07) is 0.380. The molecule has 3 heteroatoms. The lowest BCUT2D eigenvalue weighted by Crippen LogP contribution is -2.50. The van der Waals surface area contributed by atoms with Crippen LogP contribution >= 0.6 is 0 Å². The van der Waals surface area contributed by atoms with E-state index in [0.717, 1.165) is 18.9 Å². The standard InChI is InChI=1S/C12H22N2O/c1-9-5-12(13-10(2)15)8-14(6-9)7-11-3-4-11/h9,11-12H,3-8H2,1-2H3,(H,13,15). The predicted octanol–water partition coefficient (Wildman–Crippen LogP) is 1.24. The fourth-order valence-electron chi connectivity index (χ4n) is 2.67. The summed E-state index contributed by atoms with van der Waals surface area (Å²) >= 11 is 0. The van der Waals surface area contributed by atoms with Gasteiger partial charge in [-0.2, -0.15) is 0 Å². The Hall–Kier alpha value is -0.570. The number of nitrogens with zero attached hydrogens (tertiary/aromatic N) is 1. The zero-order valence-electron chi connectivity index (χ0n) is 9.83. The van der Waals surface area contributed by atoms with E-state index in [2.05, 4.69) is 17.1 Å². The highest BCUT2D eigenvalue weighted by atomic mass is 16.1. The first-order chi connectivity index (χ1) is 7.13. The summed E-state index contributed by atoms with van der Waals surface area (Å²) < 4.78 is 0. The van der Waals surface area contributed by atoms with Gasteiger partial charge in [0, 0.05) is 32.6 Å². The van der Waals surface area contributed by atoms with E-state index >= 15 is 0 Å². The van der Waals surface area contributed by atoms with E-state index < -0.39 is 0 Å². The largest absolute Gasteiger partial charge is 0.352 e. The molecule has 2 atom stereocenters. The van der Waals surface area contributed by atoms with E-state index in [4.69, 9.17) is 0 Å². The summed E-state index contributed by atoms with van der Waals surface area (Å²) in [6.07, 6.45) is 3.96. The van der Waals surface area contributed by atoms with Crippen molar-refractivity contribution in [1.82, 2.24) is 10.2 Å². The normalized spacial score (nSPS) is 32.7. The van der Waals surface area contributed by atoms with Crippen LogP contribution in [0.2, 0.25) is 0 Å². The van der Waals surface area contributed by atoms with Crippen LogP contribution in [0.15, 0.2) is 0 Å². The molecule has 15 heavy (non-hydrogen) atoms. The van der Waals surface area contributed by atoms with Crippen molar-refractivity contribution in [2.24, 2.45) is 11.8 Å². The summed E-state index contributed by atoms with van der Waals surface area (Å²) in [7, 11) is 0. The van der Waals surface area contributed by atoms with Crippen LogP contribution in [0.5, 0.6) is 0 Å². The van der Waals surface area contributed by atoms with Crippen molar-refractivity contribution in [3.05, 3.63) is 0 Å². The second kappa shape index (κ2) is 4.52. The molecule has 2 aliphatic rings. The van der Waals surface area contributed by atoms with Crippen molar-refractivity contribution in [2.45, 2.75) is 39.2 Å². The minimum atomic E-state index is 0.112. The molecule has 1 aliphatic heterocycles. The summed E-state index contributed by atoms with van der Waals surface area (Å²) in [4.78, 5) is 13.6. The Morgan fingerprint density at radius 3 is 2.73 bits per heavy atom. The molecule has 2 unspecified atom stereocenters. The number of carbonyl (C=O) groups excluding carboxylic acids is 1. The lowest BCUT2D eigenvalue weighted by Gasteiger charge is -2.36. The fourth-order valence-corrected chi connectivity index (χ4v) is 2.67. The monoisotopic (exact) mass is 210 g/mol. The van der Waals surface area contributed by atoms with Crippen LogP contribution < -0.4 is 5.32 Å². The highest BCUT2D eigenvalue weighted by molar-refractivity contribution is 5.73. The van der Waals surface area contributed by atoms with Gasteiger partial charge in [-0.1, -0.05) is 6.92 Å². The van der Waals surface area contributed by atoms with Gasteiger partial charge in [-0.3, -0.25) is 4.79 Å². The average Bonchev–Trinajstić information content (AvgIpc) is 2.85. The van der Waals surface area contributed by atoms with Gasteiger partial charge in [0.1, 0.15) is 0 Å². The SMILES string of the molecule is CC(=O)NC1CC(C)CN(CC2CC2)C1. The molecule has 0 aromatic heterocycles. The van der Waals surface area contributed by atoms with Gasteiger partial charge in [0.05, 0.1) is 0 Å². The van der Waals surface area contributed by atoms with Crippen LogP contribution in [0.4, 0.5) is 0 Å². The van der Waals surface area contributed by atoms with Gasteiger partial charge in [-0.05, 0) is 31.1 Å². The molecule has 86 valence electrons. The summed E-state index contributed by atoms with van der Waals surface area (Å²) in [6.45, 7) is 7.42. The Morgan fingerprint density at radius 2 is 2.13 bits per heavy atom. The van der Waals surface area contributed by atoms with E-state index in [1.54, 1.807) is 6.92 Å². The number of nitrogens with one attached hydrogen (secondary N) is 1. The van der Waals surface area contributed by atoms with Crippen molar-refractivity contribution in [2.75, 3.05) is 19.6 Å². The third-order valence-corrected chi connectivity index (χ3v) is 3.36. The average molecular weight is 210 g/mol. The lowest BCUT2D eigenvalue weighted by atomic mass is 9.95. The van der Waals surface area contributed by atoms with Gasteiger partial charge in [0.25, 0.3) is 0 Å². The Balaban J connectivity index is 1.82. The zero-order valence-corrected chi connectivity index (χ0v) is 9.83. The van der Waals surface area contributed by atoms with Crippen molar-refractivity contribution in [3.8, 4) is 0 Å². The Bertz CT molecular complexity index is 236. The van der Waals surface area contributed by atoms with Gasteiger partial charge in [0.2, 0.25) is 5.91 Å². The fraction of sp³-hybridized carbons (Fsp3) is 0.917. The maximum atomic E-state index is 11.0. The minimum Gasteiger partial charge on any atom is -0.352 e. The molecule has 2 fully saturated rings. The molecule has 0 aromatic carbocycles. The number of hydrogen-bond donors (Lipinski definition) is 1. The second-order valence-corrected chi connectivity index (χ2v) is 5.40. The van der Waals surface area contributed by atoms with E-state index in [0.29, 0.717) is 12.0 Å². The Kier molecular flexibility index (Phi) is 3.29. The smallest absolute Gasteiger partial charge is 0.217 e. The first kappa shape index (κ1) is 10.9. The highest BCUT2D eigenvalue weighted by Gasteiger charge is 2.30. The van der Waals surface area contributed by atoms with E-state index in [-0.39, 0.29) is 5.91 Å². The van der Waals surface area contributed by atoms with E-state index in [1.165, 1.54) is 25.9 Å². The minimum absolute atomic E-state index is 0.112. The van der Waals surface area contributed by atoms with Crippen LogP contribution in [-0.4, -0.2) is 36.5 Å². The number of amides is 1. The topological polar surface area (TPSA) is 32.3 Å². The van der Waals surface area contributed by atoms with Gasteiger partial charge >= 0.3 is 0 Å². The molecule has 1 heterocycles. The summed E-state index contributed by atoms with van der Waals surface area (Å²) in [5.74, 6) is 1.78. The number of likely N-dealkylation sites (tertiary alicyclic amines) is 1. The molecular formula is C12H22N2O. The van der Waals surface area contributed by atoms with Crippen molar-refractivity contribution >= 4 is 5.91 Å². The number of hydrogen-bond acceptors (Lipinski definition) is 2. The molecule has 1 aliphatic carbocycles. The van der Waals surface area contributed by atoms with Crippen molar-refractivity contribution < 1.29 is 4.79 Å². The highest BCUT2D eigenvalue weighted by Crippen LogP contribution is 2.31. The number of piperidine rings is 1. The molecule has 0 aromatic rings. The van der Waals surface area contributed by atoms with Crippen LogP contribution in [0.25, 0.3) is 0 Å². The first-order valence-corrected chi connectivity index (χ1v) is 6.13. The van der Waals surface area contributed by atoms with Gasteiger partial charge < -0.3 is 10.2 Å². The second-order valence-electron chi connectivity index (χ2n) is 5.40. The van der Waals surface area contributed by atoms with Gasteiger partial charge in [-0.25, -0.2) is 0 Å². The van der Waals surface area contributed by atoms with Crippen LogP contribution in [-0.2, 0) is 4.79 Å². The predicted molar refractivity (Wildman–Crippen MR) is 60.5 cm³/mol. The Labute approximate surface area is 92.2 Å². The molecule has 0 spiro atoms. The molecule has 3 nitrogen and oxygen atoms in total. The van der Waals surface area contributed by atoms with Gasteiger partial charge in [0.15, 0.2) is 0 Å². The lowest BCUT2D eigenvalue weighted by molar-refractivity contribution is -0.120. The van der Waals surface area contributed by atoms with E-state index in [9.17, 15) is 4.79 Å². The van der Waals surface area contributed by atoms with Crippen LogP contribution in [0.1, 0.15) is 33.1 Å². The van der Waals surface area contributed by atoms with Crippen LogP contribution in [0.3, 0.4) is 0 Å². The third kappa shape index (κ3) is 3.49. The molecule has 2 rings (SSSR count). The number of rotatable bonds is 3. The molecule has 1 amide bonds. The third-order valence-electron chi connectivity index (χ3n) is 3.36.